The van der Waals surface area contributed by atoms with Crippen LogP contribution < -0.4 is 5.56 Å². The number of thiazole rings is 1. The van der Waals surface area contributed by atoms with Crippen molar-refractivity contribution < 1.29 is 9.53 Å². The van der Waals surface area contributed by atoms with Crippen molar-refractivity contribution in [3.05, 3.63) is 75.8 Å². The maximum absolute atomic E-state index is 12.6. The molecule has 0 radical (unpaired) electrons. The molecule has 142 valence electrons. The molecule has 2 aromatic carbocycles. The summed E-state index contributed by atoms with van der Waals surface area (Å²) in [5, 5.41) is 10.1. The number of hydrogen-bond donors (Lipinski definition) is 0. The lowest BCUT2D eigenvalue weighted by Crippen LogP contribution is -2.26. The zero-order valence-electron chi connectivity index (χ0n) is 15.1. The molecule has 0 aliphatic carbocycles. The van der Waals surface area contributed by atoms with Crippen molar-refractivity contribution in [2.24, 2.45) is 0 Å². The molecule has 4 rings (SSSR count). The van der Waals surface area contributed by atoms with Crippen molar-refractivity contribution in [3.8, 4) is 6.07 Å². The Labute approximate surface area is 169 Å². The van der Waals surface area contributed by atoms with Crippen molar-refractivity contribution in [3.63, 3.8) is 0 Å². The van der Waals surface area contributed by atoms with Gasteiger partial charge in [0.2, 0.25) is 0 Å². The van der Waals surface area contributed by atoms with Crippen LogP contribution in [0.4, 0.5) is 0 Å². The minimum Gasteiger partial charge on any atom is -0.454 e. The van der Waals surface area contributed by atoms with Crippen LogP contribution in [0.1, 0.15) is 10.8 Å². The van der Waals surface area contributed by atoms with Crippen LogP contribution >= 0.6 is 11.3 Å². The van der Waals surface area contributed by atoms with Crippen LogP contribution in [0.25, 0.3) is 27.2 Å². The molecule has 0 unspecified atom stereocenters. The third-order valence-electron chi connectivity index (χ3n) is 4.19. The van der Waals surface area contributed by atoms with Crippen LogP contribution in [0.5, 0.6) is 0 Å². The Hall–Kier alpha value is -3.83. The molecule has 4 aromatic rings. The molecule has 8 heteroatoms. The lowest BCUT2D eigenvalue weighted by molar-refractivity contribution is -0.139. The summed E-state index contributed by atoms with van der Waals surface area (Å²) in [6.45, 7) is -0.393. The minimum absolute atomic E-state index is 0.176. The first kappa shape index (κ1) is 18.5. The molecular weight excluding hydrogens is 388 g/mol. The number of nitriles is 1. The molecule has 0 amide bonds. The third kappa shape index (κ3) is 3.90. The predicted molar refractivity (Wildman–Crippen MR) is 110 cm³/mol. The van der Waals surface area contributed by atoms with Gasteiger partial charge in [-0.2, -0.15) is 5.26 Å². The number of nitrogens with zero attached hydrogens (tertiary/aromatic N) is 4. The van der Waals surface area contributed by atoms with E-state index in [-0.39, 0.29) is 24.5 Å². The zero-order chi connectivity index (χ0) is 20.2. The molecule has 0 N–H and O–H groups in total. The highest BCUT2D eigenvalue weighted by molar-refractivity contribution is 7.19. The van der Waals surface area contributed by atoms with Crippen LogP contribution in [0.15, 0.2) is 59.4 Å². The van der Waals surface area contributed by atoms with Gasteiger partial charge < -0.3 is 4.74 Å². The highest BCUT2D eigenvalue weighted by Crippen LogP contribution is 2.22. The average Bonchev–Trinajstić information content (AvgIpc) is 3.16. The quantitative estimate of drug-likeness (QED) is 0.375. The van der Waals surface area contributed by atoms with E-state index in [0.29, 0.717) is 15.9 Å². The second-order valence-corrected chi connectivity index (χ2v) is 7.12. The predicted octanol–water partition coefficient (Wildman–Crippen LogP) is 3.29. The minimum atomic E-state index is -0.588. The van der Waals surface area contributed by atoms with E-state index in [2.05, 4.69) is 9.97 Å². The fourth-order valence-electron chi connectivity index (χ4n) is 2.84. The lowest BCUT2D eigenvalue weighted by Gasteiger charge is -2.10. The number of hydrogen-bond acceptors (Lipinski definition) is 7. The van der Waals surface area contributed by atoms with Crippen molar-refractivity contribution in [2.75, 3.05) is 0 Å². The van der Waals surface area contributed by atoms with Gasteiger partial charge in [-0.15, -0.1) is 11.3 Å². The van der Waals surface area contributed by atoms with Gasteiger partial charge in [0.25, 0.3) is 5.56 Å². The smallest absolute Gasteiger partial charge is 0.331 e. The van der Waals surface area contributed by atoms with E-state index in [0.717, 1.165) is 10.2 Å². The molecule has 0 atom stereocenters. The average molecular weight is 402 g/mol. The van der Waals surface area contributed by atoms with E-state index < -0.39 is 5.97 Å². The van der Waals surface area contributed by atoms with E-state index in [9.17, 15) is 9.59 Å². The summed E-state index contributed by atoms with van der Waals surface area (Å²) in [7, 11) is 0. The van der Waals surface area contributed by atoms with Gasteiger partial charge >= 0.3 is 5.97 Å². The monoisotopic (exact) mass is 402 g/mol. The fourth-order valence-corrected chi connectivity index (χ4v) is 3.71. The second kappa shape index (κ2) is 8.04. The summed E-state index contributed by atoms with van der Waals surface area (Å²) < 4.78 is 7.48. The van der Waals surface area contributed by atoms with Crippen molar-refractivity contribution in [2.45, 2.75) is 13.2 Å². The van der Waals surface area contributed by atoms with Crippen LogP contribution in [0.3, 0.4) is 0 Å². The maximum Gasteiger partial charge on any atom is 0.331 e. The Morgan fingerprint density at radius 1 is 1.14 bits per heavy atom. The Morgan fingerprint density at radius 3 is 2.69 bits per heavy atom. The van der Waals surface area contributed by atoms with Crippen molar-refractivity contribution in [1.82, 2.24) is 14.5 Å². The van der Waals surface area contributed by atoms with Gasteiger partial charge in [-0.3, -0.25) is 9.36 Å². The Morgan fingerprint density at radius 2 is 1.90 bits per heavy atom. The Kier molecular flexibility index (Phi) is 5.14. The number of aromatic nitrogens is 3. The summed E-state index contributed by atoms with van der Waals surface area (Å²) in [6.07, 6.45) is 2.87. The number of rotatable bonds is 5. The molecule has 0 saturated heterocycles. The fraction of sp³-hybridized carbons (Fsp3) is 0.0952. The largest absolute Gasteiger partial charge is 0.454 e. The molecule has 0 spiro atoms. The highest BCUT2D eigenvalue weighted by atomic mass is 32.1. The van der Waals surface area contributed by atoms with Crippen molar-refractivity contribution in [1.29, 1.82) is 5.26 Å². The molecule has 2 heterocycles. The number of fused-ring (bicyclic) bond motifs is 2. The number of ether oxygens (including phenoxy) is 1. The molecule has 0 saturated carbocycles. The highest BCUT2D eigenvalue weighted by Gasteiger charge is 2.12. The molecular formula is C21H14N4O3S. The summed E-state index contributed by atoms with van der Waals surface area (Å²) in [5.41, 5.74) is 1.02. The van der Waals surface area contributed by atoms with Gasteiger partial charge in [0.1, 0.15) is 18.2 Å². The van der Waals surface area contributed by atoms with Gasteiger partial charge in [-0.1, -0.05) is 24.3 Å². The summed E-state index contributed by atoms with van der Waals surface area (Å²) in [4.78, 5) is 33.5. The van der Waals surface area contributed by atoms with Gasteiger partial charge in [0.15, 0.2) is 5.82 Å². The maximum atomic E-state index is 12.6. The van der Waals surface area contributed by atoms with Gasteiger partial charge in [0, 0.05) is 6.08 Å². The van der Waals surface area contributed by atoms with E-state index in [1.807, 2.05) is 30.3 Å². The standard InChI is InChI=1S/C21H14N4O3S/c22-11-12-25-18(23-15-6-2-1-5-14(15)21(25)27)13-28-20(26)10-9-19-24-16-7-3-4-8-17(16)29-19/h1-10H,12-13H2/b10-9+. The molecule has 29 heavy (non-hydrogen) atoms. The van der Waals surface area contributed by atoms with Gasteiger partial charge in [0.05, 0.1) is 27.2 Å². The van der Waals surface area contributed by atoms with Crippen LogP contribution in [-0.4, -0.2) is 20.5 Å². The number of para-hydroxylation sites is 2. The molecule has 0 aliphatic rings. The SMILES string of the molecule is N#CCn1c(COC(=O)/C=C/c2nc3ccccc3s2)nc2ccccc2c1=O. The number of carbonyl (C=O) groups excluding carboxylic acids is 1. The summed E-state index contributed by atoms with van der Waals surface area (Å²) >= 11 is 1.47. The molecule has 7 nitrogen and oxygen atoms in total. The Bertz CT molecular complexity index is 1310. The normalized spacial score (nSPS) is 11.1. The first-order valence-corrected chi connectivity index (χ1v) is 9.53. The lowest BCUT2D eigenvalue weighted by atomic mass is 10.2. The zero-order valence-corrected chi connectivity index (χ0v) is 15.9. The second-order valence-electron chi connectivity index (χ2n) is 6.06. The van der Waals surface area contributed by atoms with E-state index in [1.54, 1.807) is 30.3 Å². The summed E-state index contributed by atoms with van der Waals surface area (Å²) in [6, 6.07) is 16.5. The molecule has 0 fully saturated rings. The topological polar surface area (TPSA) is 97.9 Å². The van der Waals surface area contributed by atoms with Gasteiger partial charge in [-0.05, 0) is 30.3 Å². The van der Waals surface area contributed by atoms with E-state index in [1.165, 1.54) is 22.0 Å². The molecule has 0 aliphatic heterocycles. The molecule has 2 aromatic heterocycles. The van der Waals surface area contributed by atoms with Gasteiger partial charge in [-0.25, -0.2) is 14.8 Å². The number of esters is 1. The Balaban J connectivity index is 1.52. The van der Waals surface area contributed by atoms with E-state index in [4.69, 9.17) is 10.00 Å². The first-order chi connectivity index (χ1) is 14.2. The third-order valence-corrected chi connectivity index (χ3v) is 5.19. The molecule has 0 bridgehead atoms. The van der Waals surface area contributed by atoms with Crippen molar-refractivity contribution >= 4 is 44.5 Å². The number of carbonyl (C=O) groups is 1. The first-order valence-electron chi connectivity index (χ1n) is 8.71. The van der Waals surface area contributed by atoms with Crippen LogP contribution in [-0.2, 0) is 22.7 Å². The number of benzene rings is 2. The van der Waals surface area contributed by atoms with Crippen LogP contribution in [0.2, 0.25) is 0 Å². The van der Waals surface area contributed by atoms with Crippen LogP contribution in [0, 0.1) is 11.3 Å². The van der Waals surface area contributed by atoms with E-state index >= 15 is 0 Å². The summed E-state index contributed by atoms with van der Waals surface area (Å²) in [5.74, 6) is -0.368.